The Hall–Kier alpha value is -1.32. The molecule has 0 spiro atoms. The number of hydrogen-bond acceptors (Lipinski definition) is 2. The minimum atomic E-state index is 0.604. The van der Waals surface area contributed by atoms with Crippen LogP contribution in [-0.2, 0) is 0 Å². The summed E-state index contributed by atoms with van der Waals surface area (Å²) in [5.74, 6) is 2.49. The van der Waals surface area contributed by atoms with Gasteiger partial charge in [0.1, 0.15) is 11.5 Å². The number of rotatable bonds is 3. The summed E-state index contributed by atoms with van der Waals surface area (Å²) in [5, 5.41) is 0. The maximum absolute atomic E-state index is 6.11. The van der Waals surface area contributed by atoms with Gasteiger partial charge in [0.25, 0.3) is 0 Å². The van der Waals surface area contributed by atoms with Crippen LogP contribution in [0.4, 0.5) is 0 Å². The van der Waals surface area contributed by atoms with Gasteiger partial charge in [0, 0.05) is 4.47 Å². The van der Waals surface area contributed by atoms with E-state index >= 15 is 0 Å². The van der Waals surface area contributed by atoms with E-state index in [-0.39, 0.29) is 0 Å². The number of piperidine rings is 1. The molecule has 0 saturated carbocycles. The first-order valence-electron chi connectivity index (χ1n) is 7.43. The standard InChI is InChI=1S/C18H20BrNO/c1-20-12-10-14(11-13-20)17-4-2-3-5-18(17)21-16-8-6-15(19)7-9-16/h2-9,14H,10-13H2,1H3. The monoisotopic (exact) mass is 345 g/mol. The SMILES string of the molecule is CN1CCC(c2ccccc2Oc2ccc(Br)cc2)CC1. The van der Waals surface area contributed by atoms with Crippen molar-refractivity contribution in [2.45, 2.75) is 18.8 Å². The number of ether oxygens (including phenoxy) is 1. The average molecular weight is 346 g/mol. The van der Waals surface area contributed by atoms with Crippen LogP contribution < -0.4 is 4.74 Å². The predicted molar refractivity (Wildman–Crippen MR) is 90.1 cm³/mol. The average Bonchev–Trinajstić information content (AvgIpc) is 2.51. The third-order valence-corrected chi connectivity index (χ3v) is 4.65. The summed E-state index contributed by atoms with van der Waals surface area (Å²) in [4.78, 5) is 2.40. The molecule has 2 nitrogen and oxygen atoms in total. The van der Waals surface area contributed by atoms with Crippen molar-refractivity contribution in [3.8, 4) is 11.5 Å². The molecule has 0 unspecified atom stereocenters. The van der Waals surface area contributed by atoms with Gasteiger partial charge >= 0.3 is 0 Å². The van der Waals surface area contributed by atoms with E-state index in [0.29, 0.717) is 5.92 Å². The zero-order chi connectivity index (χ0) is 14.7. The summed E-state index contributed by atoms with van der Waals surface area (Å²) >= 11 is 3.45. The van der Waals surface area contributed by atoms with Gasteiger partial charge in [-0.15, -0.1) is 0 Å². The summed E-state index contributed by atoms with van der Waals surface area (Å²) in [6.07, 6.45) is 2.41. The molecule has 21 heavy (non-hydrogen) atoms. The molecule has 0 aliphatic carbocycles. The van der Waals surface area contributed by atoms with E-state index in [1.54, 1.807) is 0 Å². The molecular weight excluding hydrogens is 326 g/mol. The zero-order valence-electron chi connectivity index (χ0n) is 12.3. The molecule has 0 bridgehead atoms. The van der Waals surface area contributed by atoms with Crippen molar-refractivity contribution in [3.63, 3.8) is 0 Å². The molecule has 110 valence electrons. The molecule has 1 aliphatic rings. The van der Waals surface area contributed by atoms with Crippen LogP contribution in [0.15, 0.2) is 53.0 Å². The van der Waals surface area contributed by atoms with Crippen LogP contribution >= 0.6 is 15.9 Å². The first-order valence-corrected chi connectivity index (χ1v) is 8.22. The quantitative estimate of drug-likeness (QED) is 0.771. The summed E-state index contributed by atoms with van der Waals surface area (Å²) < 4.78 is 7.18. The fourth-order valence-electron chi connectivity index (χ4n) is 2.86. The fraction of sp³-hybridized carbons (Fsp3) is 0.333. The third-order valence-electron chi connectivity index (χ3n) is 4.12. The summed E-state index contributed by atoms with van der Waals surface area (Å²) in [5.41, 5.74) is 1.34. The first-order chi connectivity index (χ1) is 10.2. The number of benzene rings is 2. The van der Waals surface area contributed by atoms with E-state index < -0.39 is 0 Å². The molecule has 3 heteroatoms. The van der Waals surface area contributed by atoms with Gasteiger partial charge in [0.15, 0.2) is 0 Å². The van der Waals surface area contributed by atoms with Crippen molar-refractivity contribution >= 4 is 15.9 Å². The van der Waals surface area contributed by atoms with Gasteiger partial charge in [0.05, 0.1) is 0 Å². The third kappa shape index (κ3) is 3.66. The van der Waals surface area contributed by atoms with Gasteiger partial charge in [-0.2, -0.15) is 0 Å². The second kappa shape index (κ2) is 6.63. The van der Waals surface area contributed by atoms with Crippen LogP contribution in [0.1, 0.15) is 24.3 Å². The number of nitrogens with zero attached hydrogens (tertiary/aromatic N) is 1. The second-order valence-electron chi connectivity index (χ2n) is 5.67. The van der Waals surface area contributed by atoms with E-state index in [9.17, 15) is 0 Å². The molecule has 1 heterocycles. The summed E-state index contributed by atoms with van der Waals surface area (Å²) in [6, 6.07) is 16.5. The van der Waals surface area contributed by atoms with Crippen LogP contribution in [0.5, 0.6) is 11.5 Å². The van der Waals surface area contributed by atoms with Crippen LogP contribution in [0.25, 0.3) is 0 Å². The Bertz CT molecular complexity index is 588. The molecule has 0 atom stereocenters. The van der Waals surface area contributed by atoms with E-state index in [0.717, 1.165) is 29.1 Å². The molecule has 1 saturated heterocycles. The lowest BCUT2D eigenvalue weighted by molar-refractivity contribution is 0.253. The van der Waals surface area contributed by atoms with E-state index in [4.69, 9.17) is 4.74 Å². The number of hydrogen-bond donors (Lipinski definition) is 0. The van der Waals surface area contributed by atoms with Gasteiger partial charge < -0.3 is 9.64 Å². The fourth-order valence-corrected chi connectivity index (χ4v) is 3.12. The molecule has 0 aromatic heterocycles. The van der Waals surface area contributed by atoms with Gasteiger partial charge in [0.2, 0.25) is 0 Å². The Morgan fingerprint density at radius 2 is 1.67 bits per heavy atom. The highest BCUT2D eigenvalue weighted by molar-refractivity contribution is 9.10. The molecule has 1 fully saturated rings. The Kier molecular flexibility index (Phi) is 4.61. The van der Waals surface area contributed by atoms with Gasteiger partial charge in [-0.05, 0) is 74.8 Å². The Labute approximate surface area is 134 Å². The van der Waals surface area contributed by atoms with Gasteiger partial charge in [-0.1, -0.05) is 34.1 Å². The highest BCUT2D eigenvalue weighted by Crippen LogP contribution is 2.36. The minimum Gasteiger partial charge on any atom is -0.457 e. The van der Waals surface area contributed by atoms with Crippen molar-refractivity contribution in [2.75, 3.05) is 20.1 Å². The van der Waals surface area contributed by atoms with E-state index in [1.807, 2.05) is 30.3 Å². The molecular formula is C18H20BrNO. The molecule has 3 rings (SSSR count). The minimum absolute atomic E-state index is 0.604. The van der Waals surface area contributed by atoms with Crippen LogP contribution in [0, 0.1) is 0 Å². The Balaban J connectivity index is 1.80. The highest BCUT2D eigenvalue weighted by Gasteiger charge is 2.21. The van der Waals surface area contributed by atoms with Crippen molar-refractivity contribution in [2.24, 2.45) is 0 Å². The van der Waals surface area contributed by atoms with Crippen LogP contribution in [0.2, 0.25) is 0 Å². The predicted octanol–water partition coefficient (Wildman–Crippen LogP) is 5.05. The molecule has 0 N–H and O–H groups in total. The number of halogens is 1. The molecule has 0 amide bonds. The number of para-hydroxylation sites is 1. The lowest BCUT2D eigenvalue weighted by Gasteiger charge is -2.30. The normalized spacial score (nSPS) is 16.9. The van der Waals surface area contributed by atoms with Crippen molar-refractivity contribution in [3.05, 3.63) is 58.6 Å². The maximum Gasteiger partial charge on any atom is 0.130 e. The maximum atomic E-state index is 6.11. The zero-order valence-corrected chi connectivity index (χ0v) is 13.8. The molecule has 2 aromatic carbocycles. The first kappa shape index (κ1) is 14.6. The van der Waals surface area contributed by atoms with Gasteiger partial charge in [-0.25, -0.2) is 0 Å². The smallest absolute Gasteiger partial charge is 0.130 e. The lowest BCUT2D eigenvalue weighted by Crippen LogP contribution is -2.29. The lowest BCUT2D eigenvalue weighted by atomic mass is 9.89. The number of likely N-dealkylation sites (tertiary alicyclic amines) is 1. The van der Waals surface area contributed by atoms with Crippen LogP contribution in [-0.4, -0.2) is 25.0 Å². The van der Waals surface area contributed by atoms with E-state index in [2.05, 4.69) is 46.1 Å². The van der Waals surface area contributed by atoms with Crippen LogP contribution in [0.3, 0.4) is 0 Å². The summed E-state index contributed by atoms with van der Waals surface area (Å²) in [6.45, 7) is 2.33. The van der Waals surface area contributed by atoms with Crippen molar-refractivity contribution in [1.82, 2.24) is 4.90 Å². The van der Waals surface area contributed by atoms with Gasteiger partial charge in [-0.3, -0.25) is 0 Å². The highest BCUT2D eigenvalue weighted by atomic mass is 79.9. The Morgan fingerprint density at radius 3 is 2.38 bits per heavy atom. The molecule has 1 aliphatic heterocycles. The second-order valence-corrected chi connectivity index (χ2v) is 6.59. The molecule has 2 aromatic rings. The largest absolute Gasteiger partial charge is 0.457 e. The molecule has 0 radical (unpaired) electrons. The Morgan fingerprint density at radius 1 is 1.00 bits per heavy atom. The van der Waals surface area contributed by atoms with Crippen molar-refractivity contribution < 1.29 is 4.74 Å². The topological polar surface area (TPSA) is 12.5 Å². The summed E-state index contributed by atoms with van der Waals surface area (Å²) in [7, 11) is 2.19. The van der Waals surface area contributed by atoms with Crippen molar-refractivity contribution in [1.29, 1.82) is 0 Å². The van der Waals surface area contributed by atoms with E-state index in [1.165, 1.54) is 18.4 Å².